The van der Waals surface area contributed by atoms with E-state index in [4.69, 9.17) is 4.74 Å². The number of carboxylic acids is 1. The molecule has 2 atom stereocenters. The Bertz CT molecular complexity index is 1560. The van der Waals surface area contributed by atoms with Gasteiger partial charge in [-0.3, -0.25) is 13.9 Å². The van der Waals surface area contributed by atoms with Gasteiger partial charge in [0.2, 0.25) is 5.43 Å². The highest BCUT2D eigenvalue weighted by Gasteiger charge is 2.50. The number of carboxylic acid groups (broad SMARTS) is 1. The summed E-state index contributed by atoms with van der Waals surface area (Å²) in [6, 6.07) is 0.204. The quantitative estimate of drug-likeness (QED) is 0.280. The zero-order valence-corrected chi connectivity index (χ0v) is 23.4. The first-order chi connectivity index (χ1) is 19.1. The number of piperidine rings is 1. The molecule has 0 spiro atoms. The number of benzene rings is 1. The first kappa shape index (κ1) is 29.5. The number of rotatable bonds is 7. The van der Waals surface area contributed by atoms with E-state index in [1.807, 2.05) is 0 Å². The normalized spacial score (nSPS) is 21.3. The molecule has 0 bridgehead atoms. The van der Waals surface area contributed by atoms with Crippen LogP contribution in [0, 0.1) is 11.7 Å². The van der Waals surface area contributed by atoms with Gasteiger partial charge in [0.15, 0.2) is 11.6 Å². The van der Waals surface area contributed by atoms with Crippen LogP contribution in [0.3, 0.4) is 0 Å². The summed E-state index contributed by atoms with van der Waals surface area (Å²) in [6.07, 6.45) is 2.39. The maximum atomic E-state index is 15.8. The van der Waals surface area contributed by atoms with Crippen LogP contribution in [0.25, 0.3) is 10.9 Å². The van der Waals surface area contributed by atoms with Crippen molar-refractivity contribution in [2.24, 2.45) is 5.92 Å². The average molecular weight is 619 g/mol. The van der Waals surface area contributed by atoms with Gasteiger partial charge in [-0.2, -0.15) is 0 Å². The molecule has 2 aromatic rings. The number of ether oxygens (including phenoxy) is 2. The number of aromatic carboxylic acids is 1. The largest absolute Gasteiger partial charge is 0.492 e. The van der Waals surface area contributed by atoms with Crippen molar-refractivity contribution in [2.75, 3.05) is 31.6 Å². The second kappa shape index (κ2) is 10.4. The Hall–Kier alpha value is -3.00. The molecule has 15 nitrogen and oxygen atoms in total. The van der Waals surface area contributed by atoms with Gasteiger partial charge in [-0.25, -0.2) is 14.0 Å². The van der Waals surface area contributed by atoms with E-state index in [1.54, 1.807) is 9.47 Å². The van der Waals surface area contributed by atoms with E-state index >= 15 is 4.39 Å². The van der Waals surface area contributed by atoms with Gasteiger partial charge in [-0.05, 0) is 37.7 Å². The van der Waals surface area contributed by atoms with Gasteiger partial charge in [0.05, 0.1) is 24.1 Å². The summed E-state index contributed by atoms with van der Waals surface area (Å²) in [5.41, 5.74) is -4.10. The molecule has 1 aromatic heterocycles. The summed E-state index contributed by atoms with van der Waals surface area (Å²) in [5, 5.41) is 9.38. The monoisotopic (exact) mass is 619 g/mol. The lowest BCUT2D eigenvalue weighted by Crippen LogP contribution is -2.49. The molecular formula is C23H28FN3O12P2. The molecule has 3 aliphatic rings. The van der Waals surface area contributed by atoms with Gasteiger partial charge < -0.3 is 48.5 Å². The minimum absolute atomic E-state index is 0.00983. The molecule has 0 unspecified atom stereocenters. The fraction of sp³-hybridized carbons (Fsp3) is 0.522. The van der Waals surface area contributed by atoms with Crippen LogP contribution in [0.15, 0.2) is 17.1 Å². The number of halogens is 1. The van der Waals surface area contributed by atoms with Crippen LogP contribution in [0.1, 0.15) is 42.1 Å². The first-order valence-electron chi connectivity index (χ1n) is 12.6. The number of carbonyl (C=O) groups excluding carboxylic acids is 1. The summed E-state index contributed by atoms with van der Waals surface area (Å²) in [6.45, 7) is 0.295. The van der Waals surface area contributed by atoms with Crippen LogP contribution in [-0.4, -0.2) is 84.6 Å². The predicted octanol–water partition coefficient (Wildman–Crippen LogP) is 1.86. The van der Waals surface area contributed by atoms with Crippen molar-refractivity contribution >= 4 is 43.8 Å². The topological polar surface area (TPSA) is 216 Å². The summed E-state index contributed by atoms with van der Waals surface area (Å²) in [7, 11) is -9.76. The van der Waals surface area contributed by atoms with Crippen molar-refractivity contribution in [3.05, 3.63) is 33.9 Å². The molecule has 5 rings (SSSR count). The third-order valence-corrected chi connectivity index (χ3v) is 10.9. The standard InChI is InChI=1S/C23H28FN3O12P2/c1-38-20-17-13(19(28)14(21(29)30)9-27(17)12-4-5-12)7-15(24)18(20)25-8-11-3-2-6-26(16(11)10-25)22(31)39-23(40(32,33)34)41(35,36)37/h7,9,11-12,16,23H,2-6,8,10H2,1H3,(H,29,30)(H2,32,33,34)(H2,35,36,37)/t11-,16+/m1/s1. The molecule has 18 heteroatoms. The molecule has 5 N–H and O–H groups in total. The van der Waals surface area contributed by atoms with E-state index in [-0.39, 0.29) is 53.9 Å². The van der Waals surface area contributed by atoms with Crippen LogP contribution in [0.2, 0.25) is 0 Å². The fourth-order valence-electron chi connectivity index (χ4n) is 5.81. The number of nitrogens with zero attached hydrogens (tertiary/aromatic N) is 3. The van der Waals surface area contributed by atoms with Crippen LogP contribution < -0.4 is 15.1 Å². The van der Waals surface area contributed by atoms with Crippen molar-refractivity contribution in [3.8, 4) is 5.75 Å². The molecule has 2 saturated heterocycles. The van der Waals surface area contributed by atoms with E-state index in [9.17, 15) is 48.2 Å². The van der Waals surface area contributed by atoms with Crippen LogP contribution in [0.5, 0.6) is 5.75 Å². The van der Waals surface area contributed by atoms with Crippen LogP contribution >= 0.6 is 15.2 Å². The van der Waals surface area contributed by atoms with Crippen molar-refractivity contribution in [2.45, 2.75) is 43.4 Å². The highest BCUT2D eigenvalue weighted by molar-refractivity contribution is 7.70. The number of hydrogen-bond acceptors (Lipinski definition) is 8. The second-order valence-corrected chi connectivity index (χ2v) is 14.1. The number of methoxy groups -OCH3 is 1. The Morgan fingerprint density at radius 3 is 2.32 bits per heavy atom. The van der Waals surface area contributed by atoms with E-state index < -0.39 is 55.7 Å². The number of carbonyl (C=O) groups is 2. The Morgan fingerprint density at radius 2 is 1.76 bits per heavy atom. The molecule has 3 fully saturated rings. The first-order valence-corrected chi connectivity index (χ1v) is 16.0. The van der Waals surface area contributed by atoms with E-state index in [0.29, 0.717) is 12.8 Å². The number of likely N-dealkylation sites (tertiary alicyclic amines) is 1. The van der Waals surface area contributed by atoms with Crippen molar-refractivity contribution in [1.82, 2.24) is 9.47 Å². The average Bonchev–Trinajstić information content (AvgIpc) is 3.62. The number of amides is 1. The van der Waals surface area contributed by atoms with Gasteiger partial charge in [0.25, 0.3) is 0 Å². The lowest BCUT2D eigenvalue weighted by molar-refractivity contribution is 0.0608. The Kier molecular flexibility index (Phi) is 7.46. The fourth-order valence-corrected chi connectivity index (χ4v) is 7.83. The lowest BCUT2D eigenvalue weighted by Gasteiger charge is -2.36. The van der Waals surface area contributed by atoms with Gasteiger partial charge in [0.1, 0.15) is 11.3 Å². The molecule has 0 radical (unpaired) electrons. The van der Waals surface area contributed by atoms with Gasteiger partial charge in [-0.1, -0.05) is 0 Å². The molecule has 1 aliphatic carbocycles. The molecule has 3 heterocycles. The summed E-state index contributed by atoms with van der Waals surface area (Å²) < 4.78 is 50.9. The summed E-state index contributed by atoms with van der Waals surface area (Å²) in [4.78, 5) is 77.7. The molecular weight excluding hydrogens is 591 g/mol. The Balaban J connectivity index is 1.52. The van der Waals surface area contributed by atoms with Crippen molar-refractivity contribution < 1.29 is 57.3 Å². The zero-order valence-electron chi connectivity index (χ0n) is 21.6. The SMILES string of the molecule is COc1c(N2C[C@H]3CCCN(C(=O)OC(P(=O)(O)O)P(=O)(O)O)[C@H]3C2)c(F)cc2c(=O)c(C(=O)O)cn(C3CC3)c12. The smallest absolute Gasteiger partial charge is 0.411 e. The predicted molar refractivity (Wildman–Crippen MR) is 140 cm³/mol. The minimum atomic E-state index is -5.53. The molecule has 224 valence electrons. The van der Waals surface area contributed by atoms with Crippen LogP contribution in [-0.2, 0) is 13.9 Å². The maximum absolute atomic E-state index is 15.8. The summed E-state index contributed by atoms with van der Waals surface area (Å²) in [5.74, 6) is -2.55. The van der Waals surface area contributed by atoms with Gasteiger partial charge in [-0.15, -0.1) is 0 Å². The van der Waals surface area contributed by atoms with E-state index in [1.165, 1.54) is 13.3 Å². The minimum Gasteiger partial charge on any atom is -0.492 e. The third kappa shape index (κ3) is 5.36. The lowest BCUT2D eigenvalue weighted by atomic mass is 9.92. The zero-order chi connectivity index (χ0) is 30.0. The molecule has 1 saturated carbocycles. The molecule has 41 heavy (non-hydrogen) atoms. The highest BCUT2D eigenvalue weighted by Crippen LogP contribution is 2.60. The van der Waals surface area contributed by atoms with Crippen molar-refractivity contribution in [1.29, 1.82) is 0 Å². The highest BCUT2D eigenvalue weighted by atomic mass is 31.2. The molecule has 1 aromatic carbocycles. The molecule has 2 aliphatic heterocycles. The third-order valence-electron chi connectivity index (χ3n) is 7.69. The number of anilines is 1. The van der Waals surface area contributed by atoms with E-state index in [0.717, 1.165) is 23.8 Å². The van der Waals surface area contributed by atoms with E-state index in [2.05, 4.69) is 4.74 Å². The van der Waals surface area contributed by atoms with Gasteiger partial charge in [0, 0.05) is 31.9 Å². The number of pyridine rings is 1. The molecule has 1 amide bonds. The van der Waals surface area contributed by atoms with Gasteiger partial charge >= 0.3 is 32.8 Å². The van der Waals surface area contributed by atoms with Crippen LogP contribution in [0.4, 0.5) is 14.9 Å². The maximum Gasteiger partial charge on any atom is 0.411 e. The second-order valence-electron chi connectivity index (χ2n) is 10.4. The number of hydrogen-bond donors (Lipinski definition) is 5. The Labute approximate surface area is 231 Å². The Morgan fingerprint density at radius 1 is 1.10 bits per heavy atom. The number of aromatic nitrogens is 1. The van der Waals surface area contributed by atoms with Crippen molar-refractivity contribution in [3.63, 3.8) is 0 Å². The summed E-state index contributed by atoms with van der Waals surface area (Å²) >= 11 is 0. The number of fused-ring (bicyclic) bond motifs is 2.